The Hall–Kier alpha value is -1.89. The van der Waals surface area contributed by atoms with Gasteiger partial charge in [0.2, 0.25) is 0 Å². The summed E-state index contributed by atoms with van der Waals surface area (Å²) in [5, 5.41) is 7.72. The summed E-state index contributed by atoms with van der Waals surface area (Å²) in [7, 11) is 0. The number of carbonyl (C=O) groups is 1. The van der Waals surface area contributed by atoms with Crippen molar-refractivity contribution in [3.05, 3.63) is 69.1 Å². The van der Waals surface area contributed by atoms with E-state index in [1.54, 1.807) is 36.4 Å². The van der Waals surface area contributed by atoms with Crippen LogP contribution in [0.3, 0.4) is 0 Å². The monoisotopic (exact) mass is 410 g/mol. The van der Waals surface area contributed by atoms with Gasteiger partial charge in [0.1, 0.15) is 12.7 Å². The number of aromatic nitrogens is 3. The number of anilines is 1. The molecule has 0 aliphatic carbocycles. The largest absolute Gasteiger partial charge is 0.320 e. The molecule has 1 heterocycles. The summed E-state index contributed by atoms with van der Waals surface area (Å²) in [4.78, 5) is 16.4. The third-order valence-corrected chi connectivity index (χ3v) is 4.10. The topological polar surface area (TPSA) is 59.8 Å². The SMILES string of the molecule is O=C(Nc1cc(Cl)ccc1-n1cncn1)c1cc(Br)ccc1Cl. The summed E-state index contributed by atoms with van der Waals surface area (Å²) < 4.78 is 2.30. The van der Waals surface area contributed by atoms with Crippen LogP contribution in [0.5, 0.6) is 0 Å². The van der Waals surface area contributed by atoms with Crippen LogP contribution in [-0.2, 0) is 0 Å². The molecule has 0 atom stereocenters. The first kappa shape index (κ1) is 16.0. The van der Waals surface area contributed by atoms with Crippen LogP contribution in [0.15, 0.2) is 53.5 Å². The maximum atomic E-state index is 12.5. The molecule has 3 aromatic rings. The number of amides is 1. The van der Waals surface area contributed by atoms with E-state index in [-0.39, 0.29) is 5.91 Å². The van der Waals surface area contributed by atoms with Gasteiger partial charge in [-0.3, -0.25) is 4.79 Å². The molecular formula is C15H9BrCl2N4O. The Balaban J connectivity index is 1.98. The molecule has 23 heavy (non-hydrogen) atoms. The predicted octanol–water partition coefficient (Wildman–Crippen LogP) is 4.59. The van der Waals surface area contributed by atoms with Crippen LogP contribution in [0.25, 0.3) is 5.69 Å². The van der Waals surface area contributed by atoms with Crippen LogP contribution in [0.4, 0.5) is 5.69 Å². The third-order valence-electron chi connectivity index (χ3n) is 3.05. The Morgan fingerprint density at radius 3 is 2.74 bits per heavy atom. The molecule has 0 radical (unpaired) electrons. The van der Waals surface area contributed by atoms with E-state index in [0.29, 0.717) is 27.0 Å². The molecule has 5 nitrogen and oxygen atoms in total. The Bertz CT molecular complexity index is 868. The van der Waals surface area contributed by atoms with Crippen LogP contribution < -0.4 is 5.32 Å². The second-order valence-corrected chi connectivity index (χ2v) is 6.34. The van der Waals surface area contributed by atoms with Crippen LogP contribution in [0, 0.1) is 0 Å². The summed E-state index contributed by atoms with van der Waals surface area (Å²) in [5.74, 6) is -0.347. The number of carbonyl (C=O) groups excluding carboxylic acids is 1. The molecule has 0 spiro atoms. The van der Waals surface area contributed by atoms with Gasteiger partial charge in [0.05, 0.1) is 22.0 Å². The lowest BCUT2D eigenvalue weighted by Crippen LogP contribution is -2.14. The van der Waals surface area contributed by atoms with Crippen LogP contribution in [-0.4, -0.2) is 20.7 Å². The van der Waals surface area contributed by atoms with E-state index in [1.807, 2.05) is 0 Å². The van der Waals surface area contributed by atoms with Crippen LogP contribution in [0.2, 0.25) is 10.0 Å². The summed E-state index contributed by atoms with van der Waals surface area (Å²) in [6, 6.07) is 10.2. The van der Waals surface area contributed by atoms with Gasteiger partial charge in [0.25, 0.3) is 5.91 Å². The van der Waals surface area contributed by atoms with Crippen LogP contribution >= 0.6 is 39.1 Å². The van der Waals surface area contributed by atoms with Crippen molar-refractivity contribution in [2.24, 2.45) is 0 Å². The maximum absolute atomic E-state index is 12.5. The zero-order chi connectivity index (χ0) is 16.4. The lowest BCUT2D eigenvalue weighted by Gasteiger charge is -2.12. The van der Waals surface area contributed by atoms with E-state index < -0.39 is 0 Å². The molecule has 0 aliphatic rings. The van der Waals surface area contributed by atoms with E-state index in [1.165, 1.54) is 17.3 Å². The number of hydrogen-bond donors (Lipinski definition) is 1. The summed E-state index contributed by atoms with van der Waals surface area (Å²) in [5.41, 5.74) is 1.50. The Labute approximate surface area is 150 Å². The summed E-state index contributed by atoms with van der Waals surface area (Å²) in [6.07, 6.45) is 2.94. The summed E-state index contributed by atoms with van der Waals surface area (Å²) in [6.45, 7) is 0. The molecule has 8 heteroatoms. The zero-order valence-corrected chi connectivity index (χ0v) is 14.6. The minimum atomic E-state index is -0.347. The average molecular weight is 412 g/mol. The number of hydrogen-bond acceptors (Lipinski definition) is 3. The smallest absolute Gasteiger partial charge is 0.257 e. The van der Waals surface area contributed by atoms with Crippen molar-refractivity contribution < 1.29 is 4.79 Å². The van der Waals surface area contributed by atoms with Gasteiger partial charge >= 0.3 is 0 Å². The van der Waals surface area contributed by atoms with Crippen molar-refractivity contribution in [3.8, 4) is 5.69 Å². The molecule has 0 unspecified atom stereocenters. The fraction of sp³-hybridized carbons (Fsp3) is 0. The minimum Gasteiger partial charge on any atom is -0.320 e. The minimum absolute atomic E-state index is 0.347. The quantitative estimate of drug-likeness (QED) is 0.685. The summed E-state index contributed by atoms with van der Waals surface area (Å²) >= 11 is 15.5. The highest BCUT2D eigenvalue weighted by atomic mass is 79.9. The molecule has 0 saturated heterocycles. The second-order valence-electron chi connectivity index (χ2n) is 4.58. The predicted molar refractivity (Wildman–Crippen MR) is 93.5 cm³/mol. The van der Waals surface area contributed by atoms with Crippen molar-refractivity contribution >= 4 is 50.7 Å². The Morgan fingerprint density at radius 2 is 2.00 bits per heavy atom. The number of halogens is 3. The molecule has 0 bridgehead atoms. The van der Waals surface area contributed by atoms with E-state index in [2.05, 4.69) is 31.3 Å². The first-order valence-corrected chi connectivity index (χ1v) is 8.00. The number of benzene rings is 2. The standard InChI is InChI=1S/C15H9BrCl2N4O/c16-9-1-3-12(18)11(5-9)15(23)21-13-6-10(17)2-4-14(13)22-8-19-7-20-22/h1-8H,(H,21,23). The Morgan fingerprint density at radius 1 is 1.17 bits per heavy atom. The van der Waals surface area contributed by atoms with Gasteiger partial charge in [-0.2, -0.15) is 5.10 Å². The molecule has 116 valence electrons. The van der Waals surface area contributed by atoms with Crippen molar-refractivity contribution in [2.75, 3.05) is 5.32 Å². The molecule has 1 amide bonds. The highest BCUT2D eigenvalue weighted by Crippen LogP contribution is 2.26. The van der Waals surface area contributed by atoms with Gasteiger partial charge in [0, 0.05) is 9.50 Å². The molecule has 0 fully saturated rings. The van der Waals surface area contributed by atoms with E-state index >= 15 is 0 Å². The van der Waals surface area contributed by atoms with Gasteiger partial charge in [-0.1, -0.05) is 39.1 Å². The lowest BCUT2D eigenvalue weighted by molar-refractivity contribution is 0.102. The zero-order valence-electron chi connectivity index (χ0n) is 11.5. The number of rotatable bonds is 3. The second kappa shape index (κ2) is 6.70. The first-order chi connectivity index (χ1) is 11.0. The highest BCUT2D eigenvalue weighted by Gasteiger charge is 2.14. The van der Waals surface area contributed by atoms with Gasteiger partial charge in [-0.15, -0.1) is 0 Å². The normalized spacial score (nSPS) is 10.6. The Kier molecular flexibility index (Phi) is 4.66. The molecular weight excluding hydrogens is 403 g/mol. The van der Waals surface area contributed by atoms with Gasteiger partial charge < -0.3 is 5.32 Å². The molecule has 0 aliphatic heterocycles. The van der Waals surface area contributed by atoms with Crippen molar-refractivity contribution in [3.63, 3.8) is 0 Å². The van der Waals surface area contributed by atoms with Gasteiger partial charge in [-0.25, -0.2) is 9.67 Å². The molecule has 3 rings (SSSR count). The average Bonchev–Trinajstić information content (AvgIpc) is 3.04. The fourth-order valence-electron chi connectivity index (χ4n) is 2.00. The van der Waals surface area contributed by atoms with Crippen molar-refractivity contribution in [1.29, 1.82) is 0 Å². The fourth-order valence-corrected chi connectivity index (χ4v) is 2.74. The van der Waals surface area contributed by atoms with Gasteiger partial charge in [-0.05, 0) is 36.4 Å². The number of nitrogens with zero attached hydrogens (tertiary/aromatic N) is 3. The van der Waals surface area contributed by atoms with E-state index in [0.717, 1.165) is 4.47 Å². The first-order valence-electron chi connectivity index (χ1n) is 6.45. The van der Waals surface area contributed by atoms with Crippen molar-refractivity contribution in [1.82, 2.24) is 14.8 Å². The van der Waals surface area contributed by atoms with Gasteiger partial charge in [0.15, 0.2) is 0 Å². The molecule has 1 N–H and O–H groups in total. The molecule has 1 aromatic heterocycles. The van der Waals surface area contributed by atoms with Crippen LogP contribution in [0.1, 0.15) is 10.4 Å². The number of nitrogens with one attached hydrogen (secondary N) is 1. The third kappa shape index (κ3) is 3.55. The lowest BCUT2D eigenvalue weighted by atomic mass is 10.2. The van der Waals surface area contributed by atoms with E-state index in [4.69, 9.17) is 23.2 Å². The van der Waals surface area contributed by atoms with Crippen molar-refractivity contribution in [2.45, 2.75) is 0 Å². The molecule has 2 aromatic carbocycles. The maximum Gasteiger partial charge on any atom is 0.257 e. The molecule has 0 saturated carbocycles. The van der Waals surface area contributed by atoms with E-state index in [9.17, 15) is 4.79 Å². The highest BCUT2D eigenvalue weighted by molar-refractivity contribution is 9.10.